The van der Waals surface area contributed by atoms with Crippen LogP contribution in [0.1, 0.15) is 16.5 Å². The molecule has 0 radical (unpaired) electrons. The number of rotatable bonds is 4. The maximum absolute atomic E-state index is 12.2. The van der Waals surface area contributed by atoms with Gasteiger partial charge in [0.2, 0.25) is 0 Å². The van der Waals surface area contributed by atoms with Gasteiger partial charge in [-0.25, -0.2) is 0 Å². The average Bonchev–Trinajstić information content (AvgIpc) is 2.89. The van der Waals surface area contributed by atoms with E-state index in [0.717, 1.165) is 4.88 Å². The summed E-state index contributed by atoms with van der Waals surface area (Å²) in [6.07, 6.45) is -4.74. The van der Waals surface area contributed by atoms with Gasteiger partial charge in [-0.15, -0.1) is 36.9 Å². The van der Waals surface area contributed by atoms with Crippen LogP contribution in [0.25, 0.3) is 0 Å². The van der Waals surface area contributed by atoms with E-state index in [1.165, 1.54) is 36.6 Å². The van der Waals surface area contributed by atoms with Gasteiger partial charge in [0.05, 0.1) is 13.2 Å². The molecule has 1 atom stereocenters. The number of hydrogen-bond donors (Lipinski definition) is 1. The van der Waals surface area contributed by atoms with E-state index in [9.17, 15) is 13.2 Å². The van der Waals surface area contributed by atoms with Gasteiger partial charge >= 0.3 is 6.36 Å². The minimum Gasteiger partial charge on any atom is -0.496 e. The van der Waals surface area contributed by atoms with Crippen LogP contribution in [-0.4, -0.2) is 13.5 Å². The number of ether oxygens (including phenoxy) is 2. The third-order valence-corrected chi connectivity index (χ3v) is 3.57. The zero-order chi connectivity index (χ0) is 14.8. The van der Waals surface area contributed by atoms with Crippen LogP contribution >= 0.6 is 23.7 Å². The first-order valence-electron chi connectivity index (χ1n) is 5.63. The Morgan fingerprint density at radius 2 is 1.95 bits per heavy atom. The molecule has 0 unspecified atom stereocenters. The van der Waals surface area contributed by atoms with Crippen LogP contribution in [0.2, 0.25) is 0 Å². The molecule has 0 aliphatic carbocycles. The first kappa shape index (κ1) is 17.6. The van der Waals surface area contributed by atoms with Crippen molar-refractivity contribution in [3.05, 3.63) is 46.2 Å². The molecular formula is C13H13ClF3NO2S. The van der Waals surface area contributed by atoms with Crippen molar-refractivity contribution in [1.29, 1.82) is 0 Å². The van der Waals surface area contributed by atoms with E-state index in [1.807, 2.05) is 17.5 Å². The molecule has 0 aliphatic heterocycles. The molecule has 0 spiro atoms. The van der Waals surface area contributed by atoms with Gasteiger partial charge in [0.1, 0.15) is 11.5 Å². The topological polar surface area (TPSA) is 44.5 Å². The second-order valence-corrected chi connectivity index (χ2v) is 4.92. The molecule has 8 heteroatoms. The summed E-state index contributed by atoms with van der Waals surface area (Å²) in [5, 5.41) is 1.84. The Bertz CT molecular complexity index is 575. The number of thiophene rings is 1. The van der Waals surface area contributed by atoms with Crippen LogP contribution in [0.15, 0.2) is 35.7 Å². The molecule has 1 aromatic heterocycles. The molecule has 0 saturated carbocycles. The molecule has 0 aliphatic rings. The molecule has 0 saturated heterocycles. The van der Waals surface area contributed by atoms with Crippen LogP contribution in [0.3, 0.4) is 0 Å². The number of nitrogens with two attached hydrogens (primary N) is 1. The lowest BCUT2D eigenvalue weighted by molar-refractivity contribution is -0.274. The Kier molecular flexibility index (Phi) is 5.88. The molecule has 0 amide bonds. The molecule has 2 N–H and O–H groups in total. The smallest absolute Gasteiger partial charge is 0.496 e. The molecular weight excluding hydrogens is 327 g/mol. The van der Waals surface area contributed by atoms with E-state index in [0.29, 0.717) is 11.3 Å². The van der Waals surface area contributed by atoms with Crippen molar-refractivity contribution >= 4 is 23.7 Å². The molecule has 0 fully saturated rings. The quantitative estimate of drug-likeness (QED) is 0.911. The highest BCUT2D eigenvalue weighted by atomic mass is 35.5. The fraction of sp³-hybridized carbons (Fsp3) is 0.231. The Morgan fingerprint density at radius 3 is 2.48 bits per heavy atom. The molecule has 21 heavy (non-hydrogen) atoms. The van der Waals surface area contributed by atoms with Crippen LogP contribution in [0.4, 0.5) is 13.2 Å². The summed E-state index contributed by atoms with van der Waals surface area (Å²) in [5.74, 6) is 0.0979. The highest BCUT2D eigenvalue weighted by Gasteiger charge is 2.31. The molecule has 1 heterocycles. The number of methoxy groups -OCH3 is 1. The van der Waals surface area contributed by atoms with E-state index in [1.54, 1.807) is 0 Å². The summed E-state index contributed by atoms with van der Waals surface area (Å²) in [4.78, 5) is 0.826. The van der Waals surface area contributed by atoms with Gasteiger partial charge < -0.3 is 15.2 Å². The van der Waals surface area contributed by atoms with E-state index >= 15 is 0 Å². The standard InChI is InChI=1S/C13H12F3NO2S.ClH/c1-18-10-5-4-8(19-13(14,15)16)7-9(10)12(17)11-3-2-6-20-11;/h2-7,12H,17H2,1H3;1H/t12-;/m1./s1. The molecule has 1 aromatic carbocycles. The highest BCUT2D eigenvalue weighted by molar-refractivity contribution is 7.10. The lowest BCUT2D eigenvalue weighted by Gasteiger charge is -2.17. The zero-order valence-corrected chi connectivity index (χ0v) is 12.5. The van der Waals surface area contributed by atoms with Crippen LogP contribution in [0.5, 0.6) is 11.5 Å². The van der Waals surface area contributed by atoms with Crippen molar-refractivity contribution in [2.45, 2.75) is 12.4 Å². The van der Waals surface area contributed by atoms with Gasteiger partial charge in [-0.2, -0.15) is 0 Å². The van der Waals surface area contributed by atoms with Crippen molar-refractivity contribution in [3.8, 4) is 11.5 Å². The average molecular weight is 340 g/mol. The number of benzene rings is 1. The SMILES string of the molecule is COc1ccc(OC(F)(F)F)cc1[C@@H](N)c1cccs1.Cl. The van der Waals surface area contributed by atoms with Crippen molar-refractivity contribution in [2.24, 2.45) is 5.73 Å². The zero-order valence-electron chi connectivity index (χ0n) is 10.9. The molecule has 2 rings (SSSR count). The summed E-state index contributed by atoms with van der Waals surface area (Å²) < 4.78 is 45.8. The summed E-state index contributed by atoms with van der Waals surface area (Å²) in [5.41, 5.74) is 6.50. The third kappa shape index (κ3) is 4.52. The van der Waals surface area contributed by atoms with E-state index < -0.39 is 12.4 Å². The first-order valence-corrected chi connectivity index (χ1v) is 6.51. The van der Waals surface area contributed by atoms with Crippen LogP contribution in [0, 0.1) is 0 Å². The summed E-state index contributed by atoms with van der Waals surface area (Å²) in [6, 6.07) is 6.91. The maximum atomic E-state index is 12.2. The van der Waals surface area contributed by atoms with Crippen LogP contribution < -0.4 is 15.2 Å². The van der Waals surface area contributed by atoms with Crippen LogP contribution in [-0.2, 0) is 0 Å². The second kappa shape index (κ2) is 7.02. The van der Waals surface area contributed by atoms with Crippen molar-refractivity contribution in [3.63, 3.8) is 0 Å². The Morgan fingerprint density at radius 1 is 1.24 bits per heavy atom. The minimum atomic E-state index is -4.74. The predicted octanol–water partition coefficient (Wildman–Crippen LogP) is 4.13. The van der Waals surface area contributed by atoms with E-state index in [4.69, 9.17) is 10.5 Å². The summed E-state index contributed by atoms with van der Waals surface area (Å²) >= 11 is 1.42. The Labute approximate surface area is 129 Å². The molecule has 116 valence electrons. The second-order valence-electron chi connectivity index (χ2n) is 3.94. The summed E-state index contributed by atoms with van der Waals surface area (Å²) in [6.45, 7) is 0. The van der Waals surface area contributed by atoms with E-state index in [-0.39, 0.29) is 18.2 Å². The van der Waals surface area contributed by atoms with Gasteiger partial charge in [-0.3, -0.25) is 0 Å². The third-order valence-electron chi connectivity index (χ3n) is 2.62. The number of hydrogen-bond acceptors (Lipinski definition) is 4. The van der Waals surface area contributed by atoms with Crippen molar-refractivity contribution < 1.29 is 22.6 Å². The molecule has 2 aromatic rings. The summed E-state index contributed by atoms with van der Waals surface area (Å²) in [7, 11) is 1.43. The van der Waals surface area contributed by atoms with Crippen molar-refractivity contribution in [2.75, 3.05) is 7.11 Å². The number of alkyl halides is 3. The number of halogens is 4. The minimum absolute atomic E-state index is 0. The highest BCUT2D eigenvalue weighted by Crippen LogP contribution is 2.34. The fourth-order valence-corrected chi connectivity index (χ4v) is 2.52. The molecule has 3 nitrogen and oxygen atoms in total. The van der Waals surface area contributed by atoms with Gasteiger partial charge in [0, 0.05) is 10.4 Å². The fourth-order valence-electron chi connectivity index (χ4n) is 1.77. The van der Waals surface area contributed by atoms with Gasteiger partial charge in [0.15, 0.2) is 0 Å². The predicted molar refractivity (Wildman–Crippen MR) is 77.3 cm³/mol. The lowest BCUT2D eigenvalue weighted by Crippen LogP contribution is -2.18. The first-order chi connectivity index (χ1) is 9.40. The monoisotopic (exact) mass is 339 g/mol. The van der Waals surface area contributed by atoms with Crippen molar-refractivity contribution in [1.82, 2.24) is 0 Å². The van der Waals surface area contributed by atoms with Gasteiger partial charge in [0.25, 0.3) is 0 Å². The molecule has 0 bridgehead atoms. The normalized spacial score (nSPS) is 12.4. The Balaban J connectivity index is 0.00000220. The van der Waals surface area contributed by atoms with Gasteiger partial charge in [-0.1, -0.05) is 6.07 Å². The lowest BCUT2D eigenvalue weighted by atomic mass is 10.0. The van der Waals surface area contributed by atoms with E-state index in [2.05, 4.69) is 4.74 Å². The maximum Gasteiger partial charge on any atom is 0.573 e. The largest absolute Gasteiger partial charge is 0.573 e. The van der Waals surface area contributed by atoms with Gasteiger partial charge in [-0.05, 0) is 29.6 Å². The Hall–Kier alpha value is -1.44.